The molecule has 0 fully saturated rings. The third-order valence-corrected chi connectivity index (χ3v) is 3.33. The van der Waals surface area contributed by atoms with E-state index in [1.165, 1.54) is 23.1 Å². The fourth-order valence-corrected chi connectivity index (χ4v) is 1.93. The van der Waals surface area contributed by atoms with Gasteiger partial charge < -0.3 is 5.21 Å². The standard InChI is InChI=1S/C7H10FNO3S/c8-6-2-1-3-7(5-4-6)13(11,12)9-10/h1-2,4,7,9-10H,3,5H2. The lowest BCUT2D eigenvalue weighted by atomic mass is 10.2. The molecular weight excluding hydrogens is 197 g/mol. The van der Waals surface area contributed by atoms with Crippen molar-refractivity contribution in [2.24, 2.45) is 0 Å². The van der Waals surface area contributed by atoms with E-state index >= 15 is 0 Å². The Morgan fingerprint density at radius 3 is 2.85 bits per heavy atom. The van der Waals surface area contributed by atoms with Gasteiger partial charge in [-0.05, 0) is 25.0 Å². The highest BCUT2D eigenvalue weighted by molar-refractivity contribution is 7.89. The van der Waals surface area contributed by atoms with Crippen LogP contribution in [0.2, 0.25) is 0 Å². The average Bonchev–Trinajstić information content (AvgIpc) is 2.30. The summed E-state index contributed by atoms with van der Waals surface area (Å²) >= 11 is 0. The summed E-state index contributed by atoms with van der Waals surface area (Å²) in [6, 6.07) is 0. The minimum Gasteiger partial charge on any atom is -0.302 e. The Balaban J connectivity index is 2.81. The van der Waals surface area contributed by atoms with E-state index in [1.54, 1.807) is 0 Å². The molecule has 0 aliphatic heterocycles. The molecular formula is C7H10FNO3S. The van der Waals surface area contributed by atoms with Crippen molar-refractivity contribution in [3.05, 3.63) is 24.1 Å². The highest BCUT2D eigenvalue weighted by Gasteiger charge is 2.23. The monoisotopic (exact) mass is 207 g/mol. The zero-order valence-corrected chi connectivity index (χ0v) is 7.59. The molecule has 1 rings (SSSR count). The van der Waals surface area contributed by atoms with Crippen LogP contribution >= 0.6 is 0 Å². The van der Waals surface area contributed by atoms with Gasteiger partial charge in [-0.25, -0.2) is 12.8 Å². The molecule has 0 bridgehead atoms. The number of allylic oxidation sites excluding steroid dienone is 4. The van der Waals surface area contributed by atoms with Crippen molar-refractivity contribution in [2.45, 2.75) is 18.1 Å². The number of sulfonamides is 1. The average molecular weight is 207 g/mol. The van der Waals surface area contributed by atoms with E-state index in [4.69, 9.17) is 5.21 Å². The smallest absolute Gasteiger partial charge is 0.236 e. The van der Waals surface area contributed by atoms with E-state index < -0.39 is 21.1 Å². The molecule has 1 aliphatic rings. The van der Waals surface area contributed by atoms with Crippen LogP contribution < -0.4 is 4.89 Å². The van der Waals surface area contributed by atoms with Crippen LogP contribution in [0.3, 0.4) is 0 Å². The summed E-state index contributed by atoms with van der Waals surface area (Å²) < 4.78 is 34.7. The molecule has 0 spiro atoms. The first kappa shape index (κ1) is 10.4. The number of rotatable bonds is 2. The van der Waals surface area contributed by atoms with Gasteiger partial charge in [0.25, 0.3) is 0 Å². The van der Waals surface area contributed by atoms with E-state index in [0.717, 1.165) is 0 Å². The second-order valence-electron chi connectivity index (χ2n) is 2.72. The predicted octanol–water partition coefficient (Wildman–Crippen LogP) is 0.867. The SMILES string of the molecule is O=S(=O)(NO)C1CC=CC(F)=CC1. The maximum Gasteiger partial charge on any atom is 0.236 e. The normalized spacial score (nSPS) is 23.8. The van der Waals surface area contributed by atoms with Gasteiger partial charge in [-0.15, -0.1) is 0 Å². The van der Waals surface area contributed by atoms with Gasteiger partial charge in [0.1, 0.15) is 5.83 Å². The zero-order valence-electron chi connectivity index (χ0n) is 6.77. The van der Waals surface area contributed by atoms with Crippen LogP contribution in [-0.4, -0.2) is 18.9 Å². The maximum atomic E-state index is 12.6. The van der Waals surface area contributed by atoms with E-state index in [2.05, 4.69) is 0 Å². The van der Waals surface area contributed by atoms with Gasteiger partial charge in [0.05, 0.1) is 5.25 Å². The van der Waals surface area contributed by atoms with Gasteiger partial charge in [0.2, 0.25) is 10.0 Å². The Morgan fingerprint density at radius 1 is 1.54 bits per heavy atom. The Kier molecular flexibility index (Phi) is 3.18. The molecule has 0 aromatic rings. The van der Waals surface area contributed by atoms with E-state index in [0.29, 0.717) is 0 Å². The highest BCUT2D eigenvalue weighted by Crippen LogP contribution is 2.17. The van der Waals surface area contributed by atoms with Crippen molar-refractivity contribution < 1.29 is 18.0 Å². The topological polar surface area (TPSA) is 66.4 Å². The molecule has 1 aliphatic carbocycles. The van der Waals surface area contributed by atoms with E-state index in [1.807, 2.05) is 0 Å². The number of nitrogens with one attached hydrogen (secondary N) is 1. The lowest BCUT2D eigenvalue weighted by Gasteiger charge is -2.10. The van der Waals surface area contributed by atoms with Gasteiger partial charge in [-0.2, -0.15) is 0 Å². The lowest BCUT2D eigenvalue weighted by molar-refractivity contribution is 0.240. The number of hydrogen-bond acceptors (Lipinski definition) is 3. The Hall–Kier alpha value is -0.720. The summed E-state index contributed by atoms with van der Waals surface area (Å²) in [7, 11) is -3.72. The van der Waals surface area contributed by atoms with Crippen molar-refractivity contribution in [3.63, 3.8) is 0 Å². The minimum atomic E-state index is -3.72. The van der Waals surface area contributed by atoms with Crippen molar-refractivity contribution in [2.75, 3.05) is 0 Å². The summed E-state index contributed by atoms with van der Waals surface area (Å²) in [5.41, 5.74) is 0. The molecule has 0 saturated heterocycles. The molecule has 0 aromatic carbocycles. The molecule has 1 atom stereocenters. The van der Waals surface area contributed by atoms with E-state index in [-0.39, 0.29) is 12.8 Å². The summed E-state index contributed by atoms with van der Waals surface area (Å²) in [5, 5.41) is 7.52. The number of hydrogen-bond donors (Lipinski definition) is 2. The quantitative estimate of drug-likeness (QED) is 0.660. The summed E-state index contributed by atoms with van der Waals surface area (Å²) in [4.78, 5) is 1.24. The molecule has 1 unspecified atom stereocenters. The highest BCUT2D eigenvalue weighted by atomic mass is 32.2. The fourth-order valence-electron chi connectivity index (χ4n) is 1.07. The fraction of sp³-hybridized carbons (Fsp3) is 0.429. The molecule has 0 heterocycles. The van der Waals surface area contributed by atoms with Crippen LogP contribution in [0, 0.1) is 0 Å². The molecule has 0 aromatic heterocycles. The Labute approximate surface area is 75.8 Å². The summed E-state index contributed by atoms with van der Waals surface area (Å²) in [6.07, 6.45) is 4.09. The molecule has 74 valence electrons. The van der Waals surface area contributed by atoms with Crippen LogP contribution in [0.5, 0.6) is 0 Å². The second kappa shape index (κ2) is 3.99. The summed E-state index contributed by atoms with van der Waals surface area (Å²) in [6.45, 7) is 0. The largest absolute Gasteiger partial charge is 0.302 e. The first-order chi connectivity index (χ1) is 6.06. The van der Waals surface area contributed by atoms with Gasteiger partial charge in [-0.3, -0.25) is 0 Å². The Morgan fingerprint density at radius 2 is 2.23 bits per heavy atom. The van der Waals surface area contributed by atoms with Crippen LogP contribution in [0.25, 0.3) is 0 Å². The predicted molar refractivity (Wildman–Crippen MR) is 45.2 cm³/mol. The molecule has 0 radical (unpaired) electrons. The lowest BCUT2D eigenvalue weighted by Crippen LogP contribution is -2.31. The molecule has 0 saturated carbocycles. The molecule has 6 heteroatoms. The van der Waals surface area contributed by atoms with Gasteiger partial charge in [-0.1, -0.05) is 11.0 Å². The molecule has 2 N–H and O–H groups in total. The van der Waals surface area contributed by atoms with Gasteiger partial charge in [0.15, 0.2) is 0 Å². The van der Waals surface area contributed by atoms with Crippen LogP contribution in [0.15, 0.2) is 24.1 Å². The second-order valence-corrected chi connectivity index (χ2v) is 4.66. The van der Waals surface area contributed by atoms with Crippen LogP contribution in [0.1, 0.15) is 12.8 Å². The first-order valence-corrected chi connectivity index (χ1v) is 5.28. The third kappa shape index (κ3) is 2.61. The summed E-state index contributed by atoms with van der Waals surface area (Å²) in [5.74, 6) is -0.448. The van der Waals surface area contributed by atoms with Crippen molar-refractivity contribution >= 4 is 10.0 Å². The van der Waals surface area contributed by atoms with Gasteiger partial charge >= 0.3 is 0 Å². The Bertz CT molecular complexity index is 334. The van der Waals surface area contributed by atoms with Crippen molar-refractivity contribution in [1.82, 2.24) is 4.89 Å². The van der Waals surface area contributed by atoms with Gasteiger partial charge in [0, 0.05) is 0 Å². The third-order valence-electron chi connectivity index (χ3n) is 1.82. The first-order valence-electron chi connectivity index (χ1n) is 3.73. The zero-order chi connectivity index (χ0) is 9.90. The van der Waals surface area contributed by atoms with E-state index in [9.17, 15) is 12.8 Å². The van der Waals surface area contributed by atoms with Crippen molar-refractivity contribution in [1.29, 1.82) is 0 Å². The van der Waals surface area contributed by atoms with Crippen LogP contribution in [0.4, 0.5) is 4.39 Å². The minimum absolute atomic E-state index is 0.0642. The molecule has 4 nitrogen and oxygen atoms in total. The maximum absolute atomic E-state index is 12.6. The molecule has 13 heavy (non-hydrogen) atoms. The molecule has 0 amide bonds. The number of halogens is 1. The van der Waals surface area contributed by atoms with Crippen LogP contribution in [-0.2, 0) is 10.0 Å². The van der Waals surface area contributed by atoms with Crippen molar-refractivity contribution in [3.8, 4) is 0 Å².